The summed E-state index contributed by atoms with van der Waals surface area (Å²) >= 11 is 0. The highest BCUT2D eigenvalue weighted by Gasteiger charge is 2.31. The molecule has 3 rings (SSSR count). The molecule has 3 N–H and O–H groups in total. The van der Waals surface area contributed by atoms with Gasteiger partial charge >= 0.3 is 6.03 Å². The van der Waals surface area contributed by atoms with Crippen LogP contribution in [-0.4, -0.2) is 38.8 Å². The van der Waals surface area contributed by atoms with Crippen molar-refractivity contribution in [2.24, 2.45) is 0 Å². The SMILES string of the molecule is O=C(Nc1ccccc1)Nc1ccc(C(=O)NS(=O)(=O)C2CCOC2)cc1. The molecule has 1 fully saturated rings. The fourth-order valence-electron chi connectivity index (χ4n) is 2.55. The van der Waals surface area contributed by atoms with Crippen LogP contribution in [0.3, 0.4) is 0 Å². The number of amides is 3. The summed E-state index contributed by atoms with van der Waals surface area (Å²) in [7, 11) is -3.78. The largest absolute Gasteiger partial charge is 0.380 e. The summed E-state index contributed by atoms with van der Waals surface area (Å²) in [6, 6.07) is 14.4. The van der Waals surface area contributed by atoms with Gasteiger partial charge in [-0.15, -0.1) is 0 Å². The van der Waals surface area contributed by atoms with E-state index in [0.717, 1.165) is 0 Å². The number of anilines is 2. The number of rotatable bonds is 5. The fraction of sp³-hybridized carbons (Fsp3) is 0.222. The second kappa shape index (κ2) is 8.19. The summed E-state index contributed by atoms with van der Waals surface area (Å²) in [5, 5.41) is 4.58. The van der Waals surface area contributed by atoms with E-state index in [2.05, 4.69) is 15.4 Å². The number of ether oxygens (including phenoxy) is 1. The van der Waals surface area contributed by atoms with E-state index >= 15 is 0 Å². The van der Waals surface area contributed by atoms with Gasteiger partial charge in [-0.3, -0.25) is 4.79 Å². The average molecular weight is 389 g/mol. The Morgan fingerprint density at radius 1 is 0.926 bits per heavy atom. The minimum Gasteiger partial charge on any atom is -0.380 e. The van der Waals surface area contributed by atoms with Crippen molar-refractivity contribution in [1.82, 2.24) is 4.72 Å². The first kappa shape index (κ1) is 18.9. The zero-order valence-electron chi connectivity index (χ0n) is 14.3. The maximum atomic E-state index is 12.2. The van der Waals surface area contributed by atoms with Gasteiger partial charge in [0.05, 0.1) is 6.61 Å². The van der Waals surface area contributed by atoms with Crippen LogP contribution in [0.5, 0.6) is 0 Å². The number of carbonyl (C=O) groups is 2. The molecule has 9 heteroatoms. The molecule has 1 heterocycles. The van der Waals surface area contributed by atoms with Crippen LogP contribution in [0.1, 0.15) is 16.8 Å². The van der Waals surface area contributed by atoms with Crippen molar-refractivity contribution in [2.75, 3.05) is 23.8 Å². The van der Waals surface area contributed by atoms with Gasteiger partial charge in [0.1, 0.15) is 5.25 Å². The molecule has 1 atom stereocenters. The standard InChI is InChI=1S/C18H19N3O5S/c22-17(21-27(24,25)16-10-11-26-12-16)13-6-8-15(9-7-13)20-18(23)19-14-4-2-1-3-5-14/h1-9,16H,10-12H2,(H,21,22)(H2,19,20,23). The van der Waals surface area contributed by atoms with Gasteiger partial charge in [0.25, 0.3) is 5.91 Å². The van der Waals surface area contributed by atoms with Gasteiger partial charge in [-0.05, 0) is 42.8 Å². The van der Waals surface area contributed by atoms with Crippen LogP contribution in [0, 0.1) is 0 Å². The van der Waals surface area contributed by atoms with Crippen LogP contribution < -0.4 is 15.4 Å². The van der Waals surface area contributed by atoms with Crippen LogP contribution in [0.4, 0.5) is 16.2 Å². The first-order valence-electron chi connectivity index (χ1n) is 8.31. The van der Waals surface area contributed by atoms with Crippen LogP contribution in [0.15, 0.2) is 54.6 Å². The number of hydrogen-bond acceptors (Lipinski definition) is 5. The molecule has 1 unspecified atom stereocenters. The normalized spacial score (nSPS) is 16.5. The van der Waals surface area contributed by atoms with Gasteiger partial charge in [0, 0.05) is 23.5 Å². The summed E-state index contributed by atoms with van der Waals surface area (Å²) in [6.45, 7) is 0.452. The summed E-state index contributed by atoms with van der Waals surface area (Å²) < 4.78 is 31.4. The van der Waals surface area contributed by atoms with E-state index in [-0.39, 0.29) is 12.2 Å². The third kappa shape index (κ3) is 5.05. The molecular weight excluding hydrogens is 370 g/mol. The molecular formula is C18H19N3O5S. The topological polar surface area (TPSA) is 114 Å². The summed E-state index contributed by atoms with van der Waals surface area (Å²) in [5.74, 6) is -0.720. The monoisotopic (exact) mass is 389 g/mol. The van der Waals surface area contributed by atoms with Gasteiger partial charge in [0.15, 0.2) is 0 Å². The molecule has 0 bridgehead atoms. The Morgan fingerprint density at radius 3 is 2.15 bits per heavy atom. The Hall–Kier alpha value is -2.91. The van der Waals surface area contributed by atoms with Crippen molar-refractivity contribution in [1.29, 1.82) is 0 Å². The number of carbonyl (C=O) groups excluding carboxylic acids is 2. The lowest BCUT2D eigenvalue weighted by atomic mass is 10.2. The van der Waals surface area contributed by atoms with Crippen molar-refractivity contribution in [3.63, 3.8) is 0 Å². The number of hydrogen-bond donors (Lipinski definition) is 3. The molecule has 2 aromatic rings. The van der Waals surface area contributed by atoms with E-state index in [1.165, 1.54) is 24.3 Å². The molecule has 3 amide bonds. The lowest BCUT2D eigenvalue weighted by Gasteiger charge is -2.12. The van der Waals surface area contributed by atoms with Gasteiger partial charge in [-0.2, -0.15) is 0 Å². The second-order valence-corrected chi connectivity index (χ2v) is 7.95. The predicted octanol–water partition coefficient (Wildman–Crippen LogP) is 2.18. The van der Waals surface area contributed by atoms with Crippen molar-refractivity contribution in [3.05, 3.63) is 60.2 Å². The highest BCUT2D eigenvalue weighted by Crippen LogP contribution is 2.15. The number of sulfonamides is 1. The van der Waals surface area contributed by atoms with Crippen LogP contribution in [0.25, 0.3) is 0 Å². The molecule has 8 nitrogen and oxygen atoms in total. The van der Waals surface area contributed by atoms with Gasteiger partial charge in [-0.25, -0.2) is 17.9 Å². The minimum atomic E-state index is -3.78. The molecule has 1 aliphatic heterocycles. The van der Waals surface area contributed by atoms with Crippen molar-refractivity contribution in [2.45, 2.75) is 11.7 Å². The molecule has 27 heavy (non-hydrogen) atoms. The smallest absolute Gasteiger partial charge is 0.323 e. The van der Waals surface area contributed by atoms with E-state index < -0.39 is 27.2 Å². The van der Waals surface area contributed by atoms with E-state index in [9.17, 15) is 18.0 Å². The zero-order valence-corrected chi connectivity index (χ0v) is 15.2. The Labute approximate surface area is 157 Å². The van der Waals surface area contributed by atoms with Crippen LogP contribution in [0.2, 0.25) is 0 Å². The molecule has 1 saturated heterocycles. The molecule has 142 valence electrons. The predicted molar refractivity (Wildman–Crippen MR) is 101 cm³/mol. The third-order valence-electron chi connectivity index (χ3n) is 4.00. The Bertz CT molecular complexity index is 908. The molecule has 0 aliphatic carbocycles. The van der Waals surface area contributed by atoms with Gasteiger partial charge in [0.2, 0.25) is 10.0 Å². The highest BCUT2D eigenvalue weighted by molar-refractivity contribution is 7.90. The highest BCUT2D eigenvalue weighted by atomic mass is 32.2. The fourth-order valence-corrected chi connectivity index (χ4v) is 3.77. The third-order valence-corrected chi connectivity index (χ3v) is 5.72. The Morgan fingerprint density at radius 2 is 1.56 bits per heavy atom. The molecule has 0 spiro atoms. The average Bonchev–Trinajstić information content (AvgIpc) is 3.18. The van der Waals surface area contributed by atoms with Gasteiger partial charge < -0.3 is 15.4 Å². The van der Waals surface area contributed by atoms with Crippen molar-refractivity contribution < 1.29 is 22.7 Å². The Balaban J connectivity index is 1.58. The summed E-state index contributed by atoms with van der Waals surface area (Å²) in [5.41, 5.74) is 1.28. The number of para-hydroxylation sites is 1. The second-order valence-electron chi connectivity index (χ2n) is 5.98. The molecule has 0 aromatic heterocycles. The van der Waals surface area contributed by atoms with E-state index in [0.29, 0.717) is 24.4 Å². The minimum absolute atomic E-state index is 0.0853. The number of urea groups is 1. The molecule has 0 saturated carbocycles. The van der Waals surface area contributed by atoms with Crippen LogP contribution in [-0.2, 0) is 14.8 Å². The quantitative estimate of drug-likeness (QED) is 0.725. The Kier molecular flexibility index (Phi) is 5.72. The first-order chi connectivity index (χ1) is 12.9. The maximum Gasteiger partial charge on any atom is 0.323 e. The maximum absolute atomic E-state index is 12.2. The van der Waals surface area contributed by atoms with E-state index in [1.54, 1.807) is 24.3 Å². The van der Waals surface area contributed by atoms with Gasteiger partial charge in [-0.1, -0.05) is 18.2 Å². The van der Waals surface area contributed by atoms with Crippen LogP contribution >= 0.6 is 0 Å². The first-order valence-corrected chi connectivity index (χ1v) is 9.85. The lowest BCUT2D eigenvalue weighted by Crippen LogP contribution is -2.38. The van der Waals surface area contributed by atoms with E-state index in [1.807, 2.05) is 6.07 Å². The summed E-state index contributed by atoms with van der Waals surface area (Å²) in [6.07, 6.45) is 0.363. The van der Waals surface area contributed by atoms with Crippen molar-refractivity contribution in [3.8, 4) is 0 Å². The van der Waals surface area contributed by atoms with E-state index in [4.69, 9.17) is 4.74 Å². The van der Waals surface area contributed by atoms with Crippen molar-refractivity contribution >= 4 is 33.3 Å². The number of nitrogens with one attached hydrogen (secondary N) is 3. The molecule has 2 aromatic carbocycles. The number of benzene rings is 2. The zero-order chi connectivity index (χ0) is 19.3. The lowest BCUT2D eigenvalue weighted by molar-refractivity contribution is 0.0981. The molecule has 1 aliphatic rings. The summed E-state index contributed by atoms with van der Waals surface area (Å²) in [4.78, 5) is 24.1. The molecule has 0 radical (unpaired) electrons.